The summed E-state index contributed by atoms with van der Waals surface area (Å²) >= 11 is 0. The van der Waals surface area contributed by atoms with Gasteiger partial charge in [0, 0.05) is 0 Å². The second-order valence-electron chi connectivity index (χ2n) is 8.28. The van der Waals surface area contributed by atoms with Gasteiger partial charge in [-0.1, -0.05) is 71.3 Å². The van der Waals surface area contributed by atoms with Crippen LogP contribution in [0.15, 0.2) is 18.2 Å². The molecule has 0 fully saturated rings. The molecule has 6 heteroatoms. The molecule has 0 spiro atoms. The molecule has 0 saturated carbocycles. The number of aryl methyl sites for hydroxylation is 2. The SMILES string of the molecule is CCCCCCCc1ccc(OC(C)C(C)S(=O)(=O)[O-])cc1CCCCCCC.[Na+]. The van der Waals surface area contributed by atoms with Gasteiger partial charge in [0.15, 0.2) is 0 Å². The van der Waals surface area contributed by atoms with E-state index < -0.39 is 21.5 Å². The predicted molar refractivity (Wildman–Crippen MR) is 121 cm³/mol. The molecule has 2 atom stereocenters. The van der Waals surface area contributed by atoms with Crippen LogP contribution in [0.25, 0.3) is 0 Å². The normalized spacial score (nSPS) is 13.5. The Morgan fingerprint density at radius 3 is 1.83 bits per heavy atom. The van der Waals surface area contributed by atoms with Gasteiger partial charge in [0.25, 0.3) is 0 Å². The van der Waals surface area contributed by atoms with Gasteiger partial charge in [-0.15, -0.1) is 0 Å². The molecule has 0 aliphatic rings. The molecule has 0 aliphatic carbocycles. The van der Waals surface area contributed by atoms with Crippen LogP contribution in [-0.2, 0) is 23.0 Å². The van der Waals surface area contributed by atoms with Crippen molar-refractivity contribution in [3.8, 4) is 5.75 Å². The standard InChI is InChI=1S/C24H42O4S.Na/c1-5-7-9-11-13-15-22-17-18-24(28-20(3)21(4)29(25,26)27)19-23(22)16-14-12-10-8-6-2;/h17-21H,5-16H2,1-4H3,(H,25,26,27);/q;+1/p-1. The number of rotatable bonds is 16. The van der Waals surface area contributed by atoms with Crippen LogP contribution in [0.3, 0.4) is 0 Å². The molecule has 1 aromatic carbocycles. The van der Waals surface area contributed by atoms with Crippen LogP contribution in [0.5, 0.6) is 5.75 Å². The fourth-order valence-corrected chi connectivity index (χ4v) is 4.06. The van der Waals surface area contributed by atoms with Crippen LogP contribution in [0.2, 0.25) is 0 Å². The Morgan fingerprint density at radius 2 is 1.33 bits per heavy atom. The molecule has 168 valence electrons. The number of hydrogen-bond acceptors (Lipinski definition) is 4. The van der Waals surface area contributed by atoms with E-state index in [1.165, 1.54) is 75.8 Å². The number of unbranched alkanes of at least 4 members (excludes halogenated alkanes) is 8. The molecular weight excluding hydrogens is 407 g/mol. The summed E-state index contributed by atoms with van der Waals surface area (Å²) in [6.45, 7) is 7.51. The Hall–Kier alpha value is -0.0700. The van der Waals surface area contributed by atoms with Gasteiger partial charge in [-0.25, -0.2) is 8.42 Å². The van der Waals surface area contributed by atoms with Crippen LogP contribution in [0.1, 0.15) is 103 Å². The fraction of sp³-hybridized carbons (Fsp3) is 0.750. The monoisotopic (exact) mass is 448 g/mol. The molecule has 4 nitrogen and oxygen atoms in total. The van der Waals surface area contributed by atoms with Crippen LogP contribution >= 0.6 is 0 Å². The van der Waals surface area contributed by atoms with Crippen molar-refractivity contribution in [3.05, 3.63) is 29.3 Å². The third kappa shape index (κ3) is 12.1. The summed E-state index contributed by atoms with van der Waals surface area (Å²) in [6.07, 6.45) is 13.9. The van der Waals surface area contributed by atoms with Crippen LogP contribution in [0, 0.1) is 0 Å². The zero-order valence-corrected chi connectivity index (χ0v) is 22.7. The largest absolute Gasteiger partial charge is 1.00 e. The van der Waals surface area contributed by atoms with Crippen molar-refractivity contribution in [2.24, 2.45) is 0 Å². The minimum absolute atomic E-state index is 0. The molecule has 0 heterocycles. The van der Waals surface area contributed by atoms with E-state index in [4.69, 9.17) is 4.74 Å². The van der Waals surface area contributed by atoms with Gasteiger partial charge in [-0.05, 0) is 62.8 Å². The van der Waals surface area contributed by atoms with E-state index in [0.29, 0.717) is 5.75 Å². The van der Waals surface area contributed by atoms with Gasteiger partial charge in [-0.2, -0.15) is 0 Å². The fourth-order valence-electron chi connectivity index (χ4n) is 3.54. The van der Waals surface area contributed by atoms with Crippen molar-refractivity contribution in [1.29, 1.82) is 0 Å². The molecule has 0 radical (unpaired) electrons. The number of benzene rings is 1. The Labute approximate surface area is 207 Å². The maximum atomic E-state index is 11.3. The summed E-state index contributed by atoms with van der Waals surface area (Å²) in [5.74, 6) is 0.659. The summed E-state index contributed by atoms with van der Waals surface area (Å²) in [7, 11) is -4.36. The van der Waals surface area contributed by atoms with Gasteiger partial charge in [0.1, 0.15) is 22.0 Å². The molecule has 2 unspecified atom stereocenters. The third-order valence-electron chi connectivity index (χ3n) is 5.72. The van der Waals surface area contributed by atoms with E-state index in [2.05, 4.69) is 26.0 Å². The van der Waals surface area contributed by atoms with E-state index in [9.17, 15) is 13.0 Å². The van der Waals surface area contributed by atoms with E-state index in [-0.39, 0.29) is 29.6 Å². The summed E-state index contributed by atoms with van der Waals surface area (Å²) in [4.78, 5) is 0. The van der Waals surface area contributed by atoms with E-state index in [0.717, 1.165) is 19.3 Å². The zero-order valence-electron chi connectivity index (χ0n) is 19.9. The third-order valence-corrected chi connectivity index (χ3v) is 7.01. The van der Waals surface area contributed by atoms with Crippen molar-refractivity contribution in [3.63, 3.8) is 0 Å². The van der Waals surface area contributed by atoms with Crippen molar-refractivity contribution in [2.45, 2.75) is 116 Å². The molecular formula is C24H41NaO4S. The molecule has 0 amide bonds. The molecule has 1 rings (SSSR count). The van der Waals surface area contributed by atoms with Gasteiger partial charge in [0.05, 0.1) is 5.25 Å². The predicted octanol–water partition coefficient (Wildman–Crippen LogP) is 3.42. The Morgan fingerprint density at radius 1 is 0.833 bits per heavy atom. The summed E-state index contributed by atoms with van der Waals surface area (Å²) in [6, 6.07) is 6.10. The van der Waals surface area contributed by atoms with E-state index in [1.807, 2.05) is 6.07 Å². The van der Waals surface area contributed by atoms with Crippen LogP contribution < -0.4 is 34.3 Å². The first-order valence-electron chi connectivity index (χ1n) is 11.5. The molecule has 1 aromatic rings. The zero-order chi connectivity index (χ0) is 21.7. The smallest absolute Gasteiger partial charge is 0.748 e. The summed E-state index contributed by atoms with van der Waals surface area (Å²) in [5, 5.41) is -1.07. The van der Waals surface area contributed by atoms with Crippen molar-refractivity contribution in [1.82, 2.24) is 0 Å². The minimum Gasteiger partial charge on any atom is -0.748 e. The molecule has 0 aliphatic heterocycles. The Bertz CT molecular complexity index is 676. The molecule has 0 N–H and O–H groups in total. The first-order valence-corrected chi connectivity index (χ1v) is 13.0. The molecule has 0 aromatic heterocycles. The maximum Gasteiger partial charge on any atom is 1.00 e. The van der Waals surface area contributed by atoms with E-state index >= 15 is 0 Å². The van der Waals surface area contributed by atoms with Crippen molar-refractivity contribution in [2.75, 3.05) is 0 Å². The number of ether oxygens (including phenoxy) is 1. The summed E-state index contributed by atoms with van der Waals surface area (Å²) in [5.41, 5.74) is 2.68. The Kier molecular flexibility index (Phi) is 16.5. The second-order valence-corrected chi connectivity index (χ2v) is 10.0. The van der Waals surface area contributed by atoms with Gasteiger partial charge in [-0.3, -0.25) is 0 Å². The second kappa shape index (κ2) is 16.5. The van der Waals surface area contributed by atoms with Gasteiger partial charge >= 0.3 is 29.6 Å². The first-order chi connectivity index (χ1) is 13.8. The topological polar surface area (TPSA) is 66.4 Å². The molecule has 0 bridgehead atoms. The molecule has 30 heavy (non-hydrogen) atoms. The van der Waals surface area contributed by atoms with Crippen molar-refractivity contribution >= 4 is 10.1 Å². The van der Waals surface area contributed by atoms with E-state index in [1.54, 1.807) is 6.92 Å². The summed E-state index contributed by atoms with van der Waals surface area (Å²) < 4.78 is 39.6. The average molecular weight is 449 g/mol. The maximum absolute atomic E-state index is 11.3. The van der Waals surface area contributed by atoms with Crippen molar-refractivity contribution < 1.29 is 47.3 Å². The van der Waals surface area contributed by atoms with Gasteiger partial charge in [0.2, 0.25) is 0 Å². The minimum atomic E-state index is -4.36. The van der Waals surface area contributed by atoms with Gasteiger partial charge < -0.3 is 9.29 Å². The average Bonchev–Trinajstić information content (AvgIpc) is 2.67. The van der Waals surface area contributed by atoms with Crippen LogP contribution in [0.4, 0.5) is 0 Å². The first kappa shape index (κ1) is 29.9. The Balaban J connectivity index is 0.00000841. The molecule has 0 saturated heterocycles. The number of hydrogen-bond donors (Lipinski definition) is 0. The van der Waals surface area contributed by atoms with Crippen LogP contribution in [-0.4, -0.2) is 24.3 Å². The quantitative estimate of drug-likeness (QED) is 0.221.